The van der Waals surface area contributed by atoms with Crippen molar-refractivity contribution in [1.29, 1.82) is 0 Å². The highest BCUT2D eigenvalue weighted by atomic mass is 31.2. The molecule has 1 aliphatic heterocycles. The first-order valence-electron chi connectivity index (χ1n) is 9.66. The predicted octanol–water partition coefficient (Wildman–Crippen LogP) is 0.643. The second kappa shape index (κ2) is 10.9. The average molecular weight is 444 g/mol. The largest absolute Gasteiger partial charge is 0.394 e. The van der Waals surface area contributed by atoms with Crippen molar-refractivity contribution >= 4 is 7.60 Å². The molecule has 174 valence electrons. The van der Waals surface area contributed by atoms with Crippen LogP contribution in [0.5, 0.6) is 0 Å². The van der Waals surface area contributed by atoms with E-state index < -0.39 is 50.1 Å². The van der Waals surface area contributed by atoms with Crippen LogP contribution in [0.25, 0.3) is 0 Å². The Morgan fingerprint density at radius 1 is 0.931 bits per heavy atom. The van der Waals surface area contributed by atoms with E-state index in [1.165, 1.54) is 0 Å². The maximum absolute atomic E-state index is 12.1. The molecule has 6 atom stereocenters. The molecule has 0 saturated carbocycles. The molecule has 0 aromatic carbocycles. The van der Waals surface area contributed by atoms with Gasteiger partial charge in [0.1, 0.15) is 24.4 Å². The monoisotopic (exact) mass is 444 g/mol. The molecule has 0 radical (unpaired) electrons. The van der Waals surface area contributed by atoms with Crippen molar-refractivity contribution in [2.24, 2.45) is 0 Å². The van der Waals surface area contributed by atoms with Gasteiger partial charge in [-0.2, -0.15) is 0 Å². The summed E-state index contributed by atoms with van der Waals surface area (Å²) < 4.78 is 39.0. The fourth-order valence-electron chi connectivity index (χ4n) is 2.44. The van der Waals surface area contributed by atoms with E-state index in [0.29, 0.717) is 0 Å². The summed E-state index contributed by atoms with van der Waals surface area (Å²) in [5.41, 5.74) is -0.343. The molecule has 10 nitrogen and oxygen atoms in total. The third kappa shape index (κ3) is 8.49. The molecule has 6 unspecified atom stereocenters. The van der Waals surface area contributed by atoms with Gasteiger partial charge in [-0.15, -0.1) is 0 Å². The topological polar surface area (TPSA) is 144 Å². The highest BCUT2D eigenvalue weighted by molar-refractivity contribution is 7.54. The quantitative estimate of drug-likeness (QED) is 0.280. The molecule has 1 aliphatic rings. The molecule has 0 aromatic heterocycles. The van der Waals surface area contributed by atoms with E-state index in [9.17, 15) is 24.8 Å². The Bertz CT molecular complexity index is 530. The Hall–Kier alpha value is -0.130. The number of hydrogen-bond acceptors (Lipinski definition) is 9. The van der Waals surface area contributed by atoms with Crippen molar-refractivity contribution < 1.29 is 48.2 Å². The van der Waals surface area contributed by atoms with Crippen LogP contribution in [0.4, 0.5) is 0 Å². The zero-order chi connectivity index (χ0) is 22.5. The van der Waals surface area contributed by atoms with E-state index in [0.717, 1.165) is 0 Å². The lowest BCUT2D eigenvalue weighted by atomic mass is 9.99. The highest BCUT2D eigenvalue weighted by Crippen LogP contribution is 2.54. The first-order valence-corrected chi connectivity index (χ1v) is 11.2. The molecule has 0 spiro atoms. The Kier molecular flexibility index (Phi) is 10.2. The summed E-state index contributed by atoms with van der Waals surface area (Å²) in [4.78, 5) is 9.89. The molecule has 0 amide bonds. The standard InChI is InChI=1S/C18H37O10P/c1-17(2,3)26-9-7-25-16-14(21)15(13(20)12(11-19)28-16)24-8-10-27-29(22,23)18(4,5)6/h12-16,19-21H,7-11H2,1-6H3,(H,22,23). The van der Waals surface area contributed by atoms with Gasteiger partial charge in [-0.25, -0.2) is 0 Å². The van der Waals surface area contributed by atoms with Gasteiger partial charge < -0.3 is 43.7 Å². The first kappa shape index (κ1) is 26.9. The zero-order valence-electron chi connectivity index (χ0n) is 18.1. The lowest BCUT2D eigenvalue weighted by Crippen LogP contribution is -2.60. The molecular weight excluding hydrogens is 407 g/mol. The van der Waals surface area contributed by atoms with Crippen molar-refractivity contribution in [2.75, 3.05) is 33.0 Å². The second-order valence-corrected chi connectivity index (χ2v) is 11.5. The first-order chi connectivity index (χ1) is 13.2. The van der Waals surface area contributed by atoms with E-state index in [1.807, 2.05) is 20.8 Å². The van der Waals surface area contributed by atoms with Crippen LogP contribution in [0.1, 0.15) is 41.5 Å². The molecule has 0 aliphatic carbocycles. The van der Waals surface area contributed by atoms with E-state index in [1.54, 1.807) is 20.8 Å². The van der Waals surface area contributed by atoms with Gasteiger partial charge in [0, 0.05) is 0 Å². The van der Waals surface area contributed by atoms with Crippen LogP contribution in [-0.2, 0) is 28.0 Å². The van der Waals surface area contributed by atoms with Gasteiger partial charge in [-0.3, -0.25) is 4.57 Å². The Morgan fingerprint density at radius 2 is 1.52 bits per heavy atom. The summed E-state index contributed by atoms with van der Waals surface area (Å²) >= 11 is 0. The smallest absolute Gasteiger partial charge is 0.333 e. The molecule has 29 heavy (non-hydrogen) atoms. The third-order valence-corrected chi connectivity index (χ3v) is 6.46. The van der Waals surface area contributed by atoms with Gasteiger partial charge in [0.25, 0.3) is 0 Å². The summed E-state index contributed by atoms with van der Waals surface area (Å²) in [5, 5.41) is 29.2. The van der Waals surface area contributed by atoms with Crippen molar-refractivity contribution in [3.05, 3.63) is 0 Å². The van der Waals surface area contributed by atoms with Gasteiger partial charge in [0.05, 0.1) is 43.8 Å². The molecule has 1 fully saturated rings. The summed E-state index contributed by atoms with van der Waals surface area (Å²) in [6.07, 6.45) is -5.94. The van der Waals surface area contributed by atoms with E-state index in [2.05, 4.69) is 0 Å². The second-order valence-electron chi connectivity index (χ2n) is 8.90. The zero-order valence-corrected chi connectivity index (χ0v) is 19.0. The lowest BCUT2D eigenvalue weighted by Gasteiger charge is -2.41. The van der Waals surface area contributed by atoms with Gasteiger partial charge in [-0.05, 0) is 41.5 Å². The maximum atomic E-state index is 12.1. The van der Waals surface area contributed by atoms with Crippen LogP contribution >= 0.6 is 7.60 Å². The van der Waals surface area contributed by atoms with E-state index >= 15 is 0 Å². The Labute approximate surface area is 172 Å². The van der Waals surface area contributed by atoms with Crippen LogP contribution < -0.4 is 0 Å². The van der Waals surface area contributed by atoms with Crippen LogP contribution in [0.2, 0.25) is 0 Å². The van der Waals surface area contributed by atoms with Crippen molar-refractivity contribution in [2.45, 2.75) is 83.0 Å². The maximum Gasteiger partial charge on any atom is 0.333 e. The summed E-state index contributed by atoms with van der Waals surface area (Å²) in [6, 6.07) is 0. The fourth-order valence-corrected chi connectivity index (χ4v) is 3.15. The number of hydrogen-bond donors (Lipinski definition) is 4. The number of rotatable bonds is 10. The predicted molar refractivity (Wildman–Crippen MR) is 105 cm³/mol. The molecule has 0 bridgehead atoms. The average Bonchev–Trinajstić information content (AvgIpc) is 2.57. The highest BCUT2D eigenvalue weighted by Gasteiger charge is 2.46. The minimum absolute atomic E-state index is 0.127. The SMILES string of the molecule is CC(C)(C)OCCOC1OC(CO)C(O)C(OCCOP(=O)(O)C(C)(C)C)C1O. The van der Waals surface area contributed by atoms with Gasteiger partial charge in [-0.1, -0.05) is 0 Å². The molecule has 1 rings (SSSR count). The van der Waals surface area contributed by atoms with Crippen LogP contribution in [-0.4, -0.2) is 94.7 Å². The summed E-state index contributed by atoms with van der Waals surface area (Å²) in [7, 11) is -3.85. The molecule has 11 heteroatoms. The molecule has 1 heterocycles. The third-order valence-electron chi connectivity index (χ3n) is 4.23. The molecule has 0 aromatic rings. The Balaban J connectivity index is 2.59. The Morgan fingerprint density at radius 3 is 2.03 bits per heavy atom. The molecule has 4 N–H and O–H groups in total. The van der Waals surface area contributed by atoms with Gasteiger partial charge in [0.15, 0.2) is 6.29 Å². The number of ether oxygens (including phenoxy) is 4. The summed E-state index contributed by atoms with van der Waals surface area (Å²) in [6.45, 7) is 9.96. The minimum atomic E-state index is -3.85. The van der Waals surface area contributed by atoms with E-state index in [-0.39, 0.29) is 32.0 Å². The number of aliphatic hydroxyl groups is 3. The van der Waals surface area contributed by atoms with Crippen LogP contribution in [0.3, 0.4) is 0 Å². The van der Waals surface area contributed by atoms with Crippen molar-refractivity contribution in [3.8, 4) is 0 Å². The van der Waals surface area contributed by atoms with Gasteiger partial charge in [0.2, 0.25) is 0 Å². The number of aliphatic hydroxyl groups excluding tert-OH is 3. The van der Waals surface area contributed by atoms with Crippen molar-refractivity contribution in [3.63, 3.8) is 0 Å². The minimum Gasteiger partial charge on any atom is -0.394 e. The van der Waals surface area contributed by atoms with Crippen molar-refractivity contribution in [1.82, 2.24) is 0 Å². The fraction of sp³-hybridized carbons (Fsp3) is 1.00. The van der Waals surface area contributed by atoms with Crippen LogP contribution in [0, 0.1) is 0 Å². The lowest BCUT2D eigenvalue weighted by molar-refractivity contribution is -0.310. The summed E-state index contributed by atoms with van der Waals surface area (Å²) in [5.74, 6) is 0. The normalized spacial score (nSPS) is 30.9. The van der Waals surface area contributed by atoms with Crippen LogP contribution in [0.15, 0.2) is 0 Å². The molecule has 1 saturated heterocycles. The van der Waals surface area contributed by atoms with E-state index in [4.69, 9.17) is 23.5 Å². The van der Waals surface area contributed by atoms with Gasteiger partial charge >= 0.3 is 7.60 Å². The molecular formula is C18H37O10P.